The van der Waals surface area contributed by atoms with E-state index >= 15 is 0 Å². The summed E-state index contributed by atoms with van der Waals surface area (Å²) < 4.78 is 0.884. The van der Waals surface area contributed by atoms with Gasteiger partial charge in [-0.1, -0.05) is 34.2 Å². The minimum absolute atomic E-state index is 0.0571. The molecule has 3 nitrogen and oxygen atoms in total. The van der Waals surface area contributed by atoms with Gasteiger partial charge in [-0.25, -0.2) is 0 Å². The quantitative estimate of drug-likeness (QED) is 0.840. The lowest BCUT2D eigenvalue weighted by Gasteiger charge is -2.14. The van der Waals surface area contributed by atoms with Gasteiger partial charge in [-0.3, -0.25) is 4.79 Å². The maximum Gasteiger partial charge on any atom is 0.251 e. The van der Waals surface area contributed by atoms with Gasteiger partial charge in [0.15, 0.2) is 0 Å². The van der Waals surface area contributed by atoms with Crippen molar-refractivity contribution in [3.05, 3.63) is 33.8 Å². The highest BCUT2D eigenvalue weighted by molar-refractivity contribution is 9.10. The first-order valence-corrected chi connectivity index (χ1v) is 6.45. The van der Waals surface area contributed by atoms with Crippen LogP contribution in [0.3, 0.4) is 0 Å². The van der Waals surface area contributed by atoms with Crippen LogP contribution in [-0.2, 0) is 0 Å². The molecule has 0 heterocycles. The number of nitrogens with one attached hydrogen (secondary N) is 1. The number of rotatable bonds is 4. The van der Waals surface area contributed by atoms with E-state index in [4.69, 9.17) is 18.0 Å². The summed E-state index contributed by atoms with van der Waals surface area (Å²) in [4.78, 5) is 12.4. The average molecular weight is 315 g/mol. The number of carbonyl (C=O) groups is 1. The number of hydrogen-bond acceptors (Lipinski definition) is 2. The van der Waals surface area contributed by atoms with Gasteiger partial charge in [-0.05, 0) is 31.5 Å². The molecule has 1 aromatic rings. The lowest BCUT2D eigenvalue weighted by molar-refractivity contribution is 0.0940. The Morgan fingerprint density at radius 1 is 1.59 bits per heavy atom. The first-order chi connectivity index (χ1) is 7.90. The van der Waals surface area contributed by atoms with Crippen molar-refractivity contribution < 1.29 is 4.79 Å². The van der Waals surface area contributed by atoms with E-state index in [-0.39, 0.29) is 11.9 Å². The molecule has 5 heteroatoms. The van der Waals surface area contributed by atoms with E-state index < -0.39 is 0 Å². The van der Waals surface area contributed by atoms with Crippen LogP contribution >= 0.6 is 28.1 Å². The van der Waals surface area contributed by atoms with E-state index in [1.807, 2.05) is 26.0 Å². The summed E-state index contributed by atoms with van der Waals surface area (Å²) in [6.07, 6.45) is 0.508. The van der Waals surface area contributed by atoms with Crippen LogP contribution in [0.2, 0.25) is 0 Å². The minimum atomic E-state index is -0.104. The Morgan fingerprint density at radius 2 is 2.24 bits per heavy atom. The lowest BCUT2D eigenvalue weighted by Crippen LogP contribution is -2.35. The van der Waals surface area contributed by atoms with Gasteiger partial charge in [-0.2, -0.15) is 0 Å². The van der Waals surface area contributed by atoms with E-state index in [0.29, 0.717) is 17.0 Å². The molecule has 0 saturated heterocycles. The van der Waals surface area contributed by atoms with Crippen LogP contribution in [0.1, 0.15) is 29.3 Å². The summed E-state index contributed by atoms with van der Waals surface area (Å²) in [5.74, 6) is -0.104. The van der Waals surface area contributed by atoms with Gasteiger partial charge < -0.3 is 11.1 Å². The number of nitrogens with two attached hydrogens (primary N) is 1. The third-order valence-electron chi connectivity index (χ3n) is 2.33. The molecule has 1 amide bonds. The fraction of sp³-hybridized carbons (Fsp3) is 0.333. The van der Waals surface area contributed by atoms with Crippen molar-refractivity contribution in [1.29, 1.82) is 0 Å². The molecule has 0 radical (unpaired) electrons. The summed E-state index contributed by atoms with van der Waals surface area (Å²) in [6.45, 7) is 3.78. The van der Waals surface area contributed by atoms with Gasteiger partial charge in [0.05, 0.1) is 4.99 Å². The van der Waals surface area contributed by atoms with Crippen LogP contribution in [0.5, 0.6) is 0 Å². The third-order valence-corrected chi connectivity index (χ3v) is 2.99. The van der Waals surface area contributed by atoms with Gasteiger partial charge in [0.25, 0.3) is 5.91 Å². The molecule has 0 aliphatic carbocycles. The Bertz CT molecular complexity index is 448. The molecule has 0 aromatic heterocycles. The number of thiocarbonyl (C=S) groups is 1. The second-order valence-corrected chi connectivity index (χ2v) is 5.44. The zero-order valence-electron chi connectivity index (χ0n) is 9.79. The van der Waals surface area contributed by atoms with Crippen molar-refractivity contribution in [2.45, 2.75) is 26.3 Å². The number of aryl methyl sites for hydroxylation is 1. The highest BCUT2D eigenvalue weighted by Crippen LogP contribution is 2.16. The van der Waals surface area contributed by atoms with Crippen molar-refractivity contribution in [3.63, 3.8) is 0 Å². The van der Waals surface area contributed by atoms with Crippen LogP contribution in [0.25, 0.3) is 0 Å². The van der Waals surface area contributed by atoms with Crippen LogP contribution in [0.4, 0.5) is 0 Å². The van der Waals surface area contributed by atoms with Gasteiger partial charge in [-0.15, -0.1) is 0 Å². The molecule has 1 aromatic carbocycles. The SMILES string of the molecule is Cc1ccc(Br)cc1C(=O)NC(C)CC(N)=S. The molecule has 1 atom stereocenters. The zero-order chi connectivity index (χ0) is 13.0. The Morgan fingerprint density at radius 3 is 2.82 bits per heavy atom. The first-order valence-electron chi connectivity index (χ1n) is 5.25. The van der Waals surface area contributed by atoms with Crippen LogP contribution in [-0.4, -0.2) is 16.9 Å². The summed E-state index contributed by atoms with van der Waals surface area (Å²) in [6, 6.07) is 5.55. The van der Waals surface area contributed by atoms with E-state index in [2.05, 4.69) is 21.2 Å². The molecule has 0 aliphatic heterocycles. The second kappa shape index (κ2) is 6.12. The molecule has 0 saturated carbocycles. The van der Waals surface area contributed by atoms with Gasteiger partial charge >= 0.3 is 0 Å². The molecule has 1 rings (SSSR count). The molecule has 1 unspecified atom stereocenters. The van der Waals surface area contributed by atoms with Gasteiger partial charge in [0.1, 0.15) is 0 Å². The van der Waals surface area contributed by atoms with E-state index in [1.165, 1.54) is 0 Å². The molecular weight excluding hydrogens is 300 g/mol. The number of amides is 1. The largest absolute Gasteiger partial charge is 0.393 e. The molecule has 0 fully saturated rings. The van der Waals surface area contributed by atoms with Crippen molar-refractivity contribution >= 4 is 39.0 Å². The highest BCUT2D eigenvalue weighted by atomic mass is 79.9. The Kier molecular flexibility index (Phi) is 5.08. The molecule has 0 aliphatic rings. The predicted octanol–water partition coefficient (Wildman–Crippen LogP) is 2.55. The lowest BCUT2D eigenvalue weighted by atomic mass is 10.1. The van der Waals surface area contributed by atoms with E-state index in [9.17, 15) is 4.79 Å². The van der Waals surface area contributed by atoms with E-state index in [0.717, 1.165) is 10.0 Å². The molecule has 3 N–H and O–H groups in total. The Labute approximate surface area is 115 Å². The van der Waals surface area contributed by atoms with Crippen molar-refractivity contribution in [1.82, 2.24) is 5.32 Å². The summed E-state index contributed by atoms with van der Waals surface area (Å²) in [7, 11) is 0. The van der Waals surface area contributed by atoms with Crippen molar-refractivity contribution in [3.8, 4) is 0 Å². The molecule has 0 bridgehead atoms. The standard InChI is InChI=1S/C12H15BrN2OS/c1-7-3-4-9(13)6-10(7)12(16)15-8(2)5-11(14)17/h3-4,6,8H,5H2,1-2H3,(H2,14,17)(H,15,16). The smallest absolute Gasteiger partial charge is 0.251 e. The highest BCUT2D eigenvalue weighted by Gasteiger charge is 2.12. The fourth-order valence-corrected chi connectivity index (χ4v) is 2.10. The third kappa shape index (κ3) is 4.44. The van der Waals surface area contributed by atoms with Gasteiger partial charge in [0, 0.05) is 22.5 Å². The van der Waals surface area contributed by atoms with Crippen molar-refractivity contribution in [2.75, 3.05) is 0 Å². The summed E-state index contributed by atoms with van der Waals surface area (Å²) >= 11 is 8.16. The first kappa shape index (κ1) is 14.1. The summed E-state index contributed by atoms with van der Waals surface area (Å²) in [5.41, 5.74) is 7.03. The topological polar surface area (TPSA) is 55.1 Å². The maximum absolute atomic E-state index is 12.0. The van der Waals surface area contributed by atoms with Crippen LogP contribution in [0.15, 0.2) is 22.7 Å². The number of benzene rings is 1. The molecule has 0 spiro atoms. The zero-order valence-corrected chi connectivity index (χ0v) is 12.2. The van der Waals surface area contributed by atoms with Crippen LogP contribution in [0, 0.1) is 6.92 Å². The van der Waals surface area contributed by atoms with Crippen molar-refractivity contribution in [2.24, 2.45) is 5.73 Å². The monoisotopic (exact) mass is 314 g/mol. The molecule has 92 valence electrons. The number of hydrogen-bond donors (Lipinski definition) is 2. The van der Waals surface area contributed by atoms with Crippen LogP contribution < -0.4 is 11.1 Å². The minimum Gasteiger partial charge on any atom is -0.393 e. The number of carbonyl (C=O) groups excluding carboxylic acids is 1. The predicted molar refractivity (Wildman–Crippen MR) is 77.2 cm³/mol. The normalized spacial score (nSPS) is 11.9. The molecule has 17 heavy (non-hydrogen) atoms. The maximum atomic E-state index is 12.0. The van der Waals surface area contributed by atoms with Gasteiger partial charge in [0.2, 0.25) is 0 Å². The fourth-order valence-electron chi connectivity index (χ4n) is 1.49. The Hall–Kier alpha value is -0.940. The summed E-state index contributed by atoms with van der Waals surface area (Å²) in [5, 5.41) is 2.87. The average Bonchev–Trinajstić information content (AvgIpc) is 2.20. The second-order valence-electron chi connectivity index (χ2n) is 4.00. The van der Waals surface area contributed by atoms with E-state index in [1.54, 1.807) is 6.07 Å². The molecular formula is C12H15BrN2OS. The number of halogens is 1. The Balaban J connectivity index is 2.76.